The van der Waals surface area contributed by atoms with Crippen molar-refractivity contribution < 1.29 is 9.47 Å². The predicted molar refractivity (Wildman–Crippen MR) is 89.3 cm³/mol. The predicted octanol–water partition coefficient (Wildman–Crippen LogP) is 5.86. The van der Waals surface area contributed by atoms with Crippen LogP contribution < -0.4 is 9.47 Å². The van der Waals surface area contributed by atoms with Gasteiger partial charge >= 0.3 is 0 Å². The van der Waals surface area contributed by atoms with Crippen LogP contribution in [0.4, 0.5) is 0 Å². The summed E-state index contributed by atoms with van der Waals surface area (Å²) in [6.07, 6.45) is 0. The molecule has 0 saturated carbocycles. The maximum absolute atomic E-state index is 6.56. The zero-order valence-electron chi connectivity index (χ0n) is 10.7. The number of rotatable bonds is 2. The molecule has 6 heteroatoms. The van der Waals surface area contributed by atoms with Gasteiger partial charge in [-0.1, -0.05) is 39.1 Å². The lowest BCUT2D eigenvalue weighted by Crippen LogP contribution is -2.15. The Balaban J connectivity index is 2.02. The van der Waals surface area contributed by atoms with Gasteiger partial charge in [-0.05, 0) is 35.4 Å². The molecule has 0 N–H and O–H groups in total. The van der Waals surface area contributed by atoms with Crippen LogP contribution in [0.5, 0.6) is 11.5 Å². The summed E-state index contributed by atoms with van der Waals surface area (Å²) in [5, 5.41) is 0.720. The molecule has 2 aromatic carbocycles. The molecule has 110 valence electrons. The van der Waals surface area contributed by atoms with E-state index < -0.39 is 5.38 Å². The molecule has 0 aromatic heterocycles. The lowest BCUT2D eigenvalue weighted by Gasteiger charge is -2.21. The topological polar surface area (TPSA) is 18.5 Å². The summed E-state index contributed by atoms with van der Waals surface area (Å²) in [5.74, 6) is 1.30. The van der Waals surface area contributed by atoms with Crippen LogP contribution in [0.3, 0.4) is 0 Å². The Hall–Kier alpha value is -0.610. The summed E-state index contributed by atoms with van der Waals surface area (Å²) in [4.78, 5) is 0. The molecule has 2 aromatic rings. The molecule has 2 nitrogen and oxygen atoms in total. The highest BCUT2D eigenvalue weighted by Crippen LogP contribution is 2.42. The van der Waals surface area contributed by atoms with Crippen LogP contribution in [0.1, 0.15) is 16.5 Å². The highest BCUT2D eigenvalue weighted by atomic mass is 79.9. The third-order valence-electron chi connectivity index (χ3n) is 3.11. The molecule has 0 radical (unpaired) electrons. The average molecular weight is 409 g/mol. The van der Waals surface area contributed by atoms with Gasteiger partial charge in [0, 0.05) is 20.6 Å². The lowest BCUT2D eigenvalue weighted by atomic mass is 10.0. The van der Waals surface area contributed by atoms with E-state index in [1.54, 1.807) is 12.1 Å². The fraction of sp³-hybridized carbons (Fsp3) is 0.200. The van der Waals surface area contributed by atoms with Gasteiger partial charge in [-0.15, -0.1) is 11.6 Å². The number of hydrogen-bond donors (Lipinski definition) is 0. The first-order chi connectivity index (χ1) is 10.0. The molecule has 0 saturated heterocycles. The van der Waals surface area contributed by atoms with Gasteiger partial charge in [0.2, 0.25) is 0 Å². The van der Waals surface area contributed by atoms with Gasteiger partial charge in [0.25, 0.3) is 0 Å². The third-order valence-corrected chi connectivity index (χ3v) is 4.60. The van der Waals surface area contributed by atoms with Crippen molar-refractivity contribution in [1.82, 2.24) is 0 Å². The van der Waals surface area contributed by atoms with E-state index in [4.69, 9.17) is 44.3 Å². The molecule has 0 bridgehead atoms. The van der Waals surface area contributed by atoms with E-state index in [1.807, 2.05) is 18.2 Å². The van der Waals surface area contributed by atoms with Gasteiger partial charge in [-0.25, -0.2) is 0 Å². The molecule has 3 rings (SSSR count). The fourth-order valence-electron chi connectivity index (χ4n) is 2.17. The van der Waals surface area contributed by atoms with Gasteiger partial charge in [0.1, 0.15) is 13.2 Å². The first-order valence-electron chi connectivity index (χ1n) is 6.23. The van der Waals surface area contributed by atoms with Crippen molar-refractivity contribution in [3.8, 4) is 11.5 Å². The molecule has 0 spiro atoms. The largest absolute Gasteiger partial charge is 0.486 e. The summed E-state index contributed by atoms with van der Waals surface area (Å²) >= 11 is 22.4. The molecule has 0 amide bonds. The molecular formula is C15H10BrCl3O2. The second-order valence-electron chi connectivity index (χ2n) is 4.58. The lowest BCUT2D eigenvalue weighted by molar-refractivity contribution is 0.171. The zero-order chi connectivity index (χ0) is 15.0. The Morgan fingerprint density at radius 3 is 2.29 bits per heavy atom. The highest BCUT2D eigenvalue weighted by Gasteiger charge is 2.21. The van der Waals surface area contributed by atoms with E-state index in [1.165, 1.54) is 0 Å². The molecule has 1 atom stereocenters. The molecule has 0 fully saturated rings. The molecule has 1 aliphatic heterocycles. The number of hydrogen-bond acceptors (Lipinski definition) is 2. The van der Waals surface area contributed by atoms with Gasteiger partial charge < -0.3 is 9.47 Å². The molecular weight excluding hydrogens is 398 g/mol. The summed E-state index contributed by atoms with van der Waals surface area (Å²) in [6, 6.07) is 9.09. The Morgan fingerprint density at radius 2 is 1.62 bits per heavy atom. The second kappa shape index (κ2) is 6.25. The molecule has 21 heavy (non-hydrogen) atoms. The van der Waals surface area contributed by atoms with Gasteiger partial charge in [-0.3, -0.25) is 0 Å². The van der Waals surface area contributed by atoms with E-state index in [0.717, 1.165) is 15.6 Å². The van der Waals surface area contributed by atoms with Gasteiger partial charge in [0.15, 0.2) is 11.5 Å². The standard InChI is InChI=1S/C15H10BrCl3O2/c16-9-3-8(4-10(17)5-9)15(19)11-6-13-14(7-12(11)18)21-2-1-20-13/h3-7,15H,1-2H2. The van der Waals surface area contributed by atoms with Crippen LogP contribution in [0, 0.1) is 0 Å². The minimum Gasteiger partial charge on any atom is -0.486 e. The van der Waals surface area contributed by atoms with E-state index in [0.29, 0.717) is 34.8 Å². The average Bonchev–Trinajstić information content (AvgIpc) is 2.44. The van der Waals surface area contributed by atoms with Gasteiger partial charge in [0.05, 0.1) is 5.38 Å². The van der Waals surface area contributed by atoms with E-state index in [-0.39, 0.29) is 0 Å². The summed E-state index contributed by atoms with van der Waals surface area (Å²) in [7, 11) is 0. The van der Waals surface area contributed by atoms with Gasteiger partial charge in [-0.2, -0.15) is 0 Å². The van der Waals surface area contributed by atoms with Crippen molar-refractivity contribution >= 4 is 50.7 Å². The summed E-state index contributed by atoms with van der Waals surface area (Å²) in [6.45, 7) is 1.04. The van der Waals surface area contributed by atoms with Crippen LogP contribution in [-0.4, -0.2) is 13.2 Å². The highest BCUT2D eigenvalue weighted by molar-refractivity contribution is 9.10. The minimum atomic E-state index is -0.427. The van der Waals surface area contributed by atoms with E-state index in [9.17, 15) is 0 Å². The van der Waals surface area contributed by atoms with Crippen molar-refractivity contribution in [3.63, 3.8) is 0 Å². The molecule has 1 heterocycles. The van der Waals surface area contributed by atoms with Crippen LogP contribution in [-0.2, 0) is 0 Å². The Labute approximate surface area is 146 Å². The first kappa shape index (κ1) is 15.3. The van der Waals surface area contributed by atoms with Crippen LogP contribution in [0.2, 0.25) is 10.0 Å². The van der Waals surface area contributed by atoms with E-state index in [2.05, 4.69) is 15.9 Å². The summed E-state index contributed by atoms with van der Waals surface area (Å²) < 4.78 is 11.9. The number of ether oxygens (including phenoxy) is 2. The molecule has 1 unspecified atom stereocenters. The van der Waals surface area contributed by atoms with Crippen LogP contribution in [0.15, 0.2) is 34.8 Å². The smallest absolute Gasteiger partial charge is 0.162 e. The number of benzene rings is 2. The van der Waals surface area contributed by atoms with Crippen LogP contribution in [0.25, 0.3) is 0 Å². The van der Waals surface area contributed by atoms with E-state index >= 15 is 0 Å². The summed E-state index contributed by atoms with van der Waals surface area (Å²) in [5.41, 5.74) is 1.62. The number of halogens is 4. The molecule has 1 aliphatic rings. The molecule has 0 aliphatic carbocycles. The SMILES string of the molecule is Clc1cc(Br)cc(C(Cl)c2cc3c(cc2Cl)OCCO3)c1. The second-order valence-corrected chi connectivity index (χ2v) is 6.78. The first-order valence-corrected chi connectivity index (χ1v) is 8.22. The van der Waals surface area contributed by atoms with Crippen LogP contribution >= 0.6 is 50.7 Å². The quantitative estimate of drug-likeness (QED) is 0.580. The normalized spacial score (nSPS) is 14.9. The minimum absolute atomic E-state index is 0.427. The van der Waals surface area contributed by atoms with Crippen molar-refractivity contribution in [2.24, 2.45) is 0 Å². The Morgan fingerprint density at radius 1 is 0.952 bits per heavy atom. The monoisotopic (exact) mass is 406 g/mol. The third kappa shape index (κ3) is 3.26. The van der Waals surface area contributed by atoms with Crippen molar-refractivity contribution in [3.05, 3.63) is 56.0 Å². The maximum atomic E-state index is 6.56. The zero-order valence-corrected chi connectivity index (χ0v) is 14.6. The van der Waals surface area contributed by atoms with Crippen molar-refractivity contribution in [1.29, 1.82) is 0 Å². The fourth-order valence-corrected chi connectivity index (χ4v) is 3.69. The Kier molecular flexibility index (Phi) is 4.55. The number of fused-ring (bicyclic) bond motifs is 1. The Bertz CT molecular complexity index is 671. The number of alkyl halides is 1. The van der Waals surface area contributed by atoms with Crippen molar-refractivity contribution in [2.75, 3.05) is 13.2 Å². The maximum Gasteiger partial charge on any atom is 0.162 e. The van der Waals surface area contributed by atoms with Crippen molar-refractivity contribution in [2.45, 2.75) is 5.38 Å².